The van der Waals surface area contributed by atoms with E-state index < -0.39 is 0 Å². The first-order chi connectivity index (χ1) is 11.3. The Hall–Kier alpha value is -0.810. The Labute approximate surface area is 163 Å². The summed E-state index contributed by atoms with van der Waals surface area (Å²) in [5.41, 5.74) is 8.30. The van der Waals surface area contributed by atoms with Crippen molar-refractivity contribution in [1.29, 1.82) is 0 Å². The highest BCUT2D eigenvalue weighted by atomic mass is 35.5. The van der Waals surface area contributed by atoms with Gasteiger partial charge in [0.2, 0.25) is 5.91 Å². The molecule has 1 saturated heterocycles. The zero-order valence-corrected chi connectivity index (χ0v) is 16.4. The van der Waals surface area contributed by atoms with Gasteiger partial charge < -0.3 is 11.1 Å². The van der Waals surface area contributed by atoms with Crippen molar-refractivity contribution in [2.75, 3.05) is 19.6 Å². The summed E-state index contributed by atoms with van der Waals surface area (Å²) in [6, 6.07) is 8.66. The third-order valence-electron chi connectivity index (χ3n) is 5.39. The first kappa shape index (κ1) is 22.2. The van der Waals surface area contributed by atoms with Gasteiger partial charge in [-0.05, 0) is 62.4 Å². The second-order valence-electron chi connectivity index (χ2n) is 7.05. The Morgan fingerprint density at radius 1 is 1.04 bits per heavy atom. The topological polar surface area (TPSA) is 58.4 Å². The molecule has 4 nitrogen and oxygen atoms in total. The normalized spacial score (nSPS) is 22.9. The third kappa shape index (κ3) is 6.14. The zero-order chi connectivity index (χ0) is 16.1. The summed E-state index contributed by atoms with van der Waals surface area (Å²) in [6.45, 7) is 4.75. The molecule has 1 aromatic carbocycles. The molecular weight excluding hydrogens is 357 g/mol. The lowest BCUT2D eigenvalue weighted by Gasteiger charge is -2.17. The third-order valence-corrected chi connectivity index (χ3v) is 5.39. The lowest BCUT2D eigenvalue weighted by Crippen LogP contribution is -2.34. The summed E-state index contributed by atoms with van der Waals surface area (Å²) in [5, 5.41) is 3.09. The van der Waals surface area contributed by atoms with Crippen molar-refractivity contribution in [3.8, 4) is 0 Å². The summed E-state index contributed by atoms with van der Waals surface area (Å²) in [7, 11) is 0. The predicted octanol–water partition coefficient (Wildman–Crippen LogP) is 3.12. The molecule has 0 aromatic heterocycles. The van der Waals surface area contributed by atoms with E-state index in [0.29, 0.717) is 19.0 Å². The smallest absolute Gasteiger partial charge is 0.223 e. The van der Waals surface area contributed by atoms with Gasteiger partial charge in [-0.25, -0.2) is 0 Å². The molecule has 0 radical (unpaired) electrons. The van der Waals surface area contributed by atoms with E-state index in [2.05, 4.69) is 34.5 Å². The molecule has 0 unspecified atom stereocenters. The second kappa shape index (κ2) is 11.0. The highest BCUT2D eigenvalue weighted by Gasteiger charge is 2.31. The number of benzene rings is 1. The maximum atomic E-state index is 12.3. The maximum Gasteiger partial charge on any atom is 0.223 e. The Bertz CT molecular complexity index is 518. The molecule has 1 aliphatic carbocycles. The molecule has 2 aliphatic rings. The first-order valence-electron chi connectivity index (χ1n) is 9.04. The van der Waals surface area contributed by atoms with Gasteiger partial charge in [-0.15, -0.1) is 24.8 Å². The minimum absolute atomic E-state index is 0. The van der Waals surface area contributed by atoms with Crippen LogP contribution in [0.3, 0.4) is 0 Å². The molecule has 0 spiro atoms. The highest BCUT2D eigenvalue weighted by molar-refractivity contribution is 5.85. The van der Waals surface area contributed by atoms with Gasteiger partial charge in [0.05, 0.1) is 0 Å². The molecule has 25 heavy (non-hydrogen) atoms. The zero-order valence-electron chi connectivity index (χ0n) is 14.8. The van der Waals surface area contributed by atoms with Crippen LogP contribution >= 0.6 is 24.8 Å². The standard InChI is InChI=1S/C19H29N3O.2ClH/c20-12-17-4-3-5-18(17)19(23)21-13-15-6-8-16(9-7-15)14-22-10-1-2-11-22;;/h6-9,17-18H,1-5,10-14,20H2,(H,21,23);2*1H/t17-,18-;;/m1../s1. The SMILES string of the molecule is Cl.Cl.NC[C@H]1CCC[C@H]1C(=O)NCc1ccc(CN2CCCC2)cc1. The van der Waals surface area contributed by atoms with Crippen LogP contribution in [0.2, 0.25) is 0 Å². The first-order valence-corrected chi connectivity index (χ1v) is 9.04. The molecule has 6 heteroatoms. The Morgan fingerprint density at radius 3 is 2.32 bits per heavy atom. The summed E-state index contributed by atoms with van der Waals surface area (Å²) in [6.07, 6.45) is 5.87. The van der Waals surface area contributed by atoms with Crippen molar-refractivity contribution >= 4 is 30.7 Å². The highest BCUT2D eigenvalue weighted by Crippen LogP contribution is 2.31. The van der Waals surface area contributed by atoms with Crippen LogP contribution in [0.1, 0.15) is 43.2 Å². The lowest BCUT2D eigenvalue weighted by atomic mass is 9.95. The molecular formula is C19H31Cl2N3O. The Kier molecular flexibility index (Phi) is 9.80. The van der Waals surface area contributed by atoms with E-state index in [4.69, 9.17) is 5.73 Å². The number of hydrogen-bond donors (Lipinski definition) is 2. The molecule has 1 saturated carbocycles. The number of hydrogen-bond acceptors (Lipinski definition) is 3. The van der Waals surface area contributed by atoms with Gasteiger partial charge in [-0.2, -0.15) is 0 Å². The molecule has 0 bridgehead atoms. The van der Waals surface area contributed by atoms with Gasteiger partial charge in [0.15, 0.2) is 0 Å². The number of carbonyl (C=O) groups excluding carboxylic acids is 1. The van der Waals surface area contributed by atoms with E-state index in [1.807, 2.05) is 0 Å². The van der Waals surface area contributed by atoms with Crippen LogP contribution < -0.4 is 11.1 Å². The summed E-state index contributed by atoms with van der Waals surface area (Å²) >= 11 is 0. The van der Waals surface area contributed by atoms with Crippen LogP contribution in [-0.2, 0) is 17.9 Å². The number of likely N-dealkylation sites (tertiary alicyclic amines) is 1. The number of halogens is 2. The Balaban J connectivity index is 0.00000156. The van der Waals surface area contributed by atoms with Crippen LogP contribution in [0.4, 0.5) is 0 Å². The van der Waals surface area contributed by atoms with Crippen LogP contribution in [-0.4, -0.2) is 30.4 Å². The summed E-state index contributed by atoms with van der Waals surface area (Å²) < 4.78 is 0. The van der Waals surface area contributed by atoms with Gasteiger partial charge in [-0.1, -0.05) is 30.7 Å². The fourth-order valence-electron chi connectivity index (χ4n) is 3.95. The van der Waals surface area contributed by atoms with Crippen molar-refractivity contribution in [2.24, 2.45) is 17.6 Å². The van der Waals surface area contributed by atoms with Crippen LogP contribution in [0.5, 0.6) is 0 Å². The fraction of sp³-hybridized carbons (Fsp3) is 0.632. The molecule has 1 aliphatic heterocycles. The quantitative estimate of drug-likeness (QED) is 0.787. The molecule has 3 N–H and O–H groups in total. The van der Waals surface area contributed by atoms with Crippen LogP contribution in [0, 0.1) is 11.8 Å². The van der Waals surface area contributed by atoms with E-state index in [1.165, 1.54) is 37.1 Å². The van der Waals surface area contributed by atoms with Crippen molar-refractivity contribution < 1.29 is 4.79 Å². The second-order valence-corrected chi connectivity index (χ2v) is 7.05. The average Bonchev–Trinajstić information content (AvgIpc) is 3.25. The van der Waals surface area contributed by atoms with Crippen molar-refractivity contribution in [3.05, 3.63) is 35.4 Å². The van der Waals surface area contributed by atoms with Crippen molar-refractivity contribution in [1.82, 2.24) is 10.2 Å². The van der Waals surface area contributed by atoms with Crippen molar-refractivity contribution in [3.63, 3.8) is 0 Å². The van der Waals surface area contributed by atoms with E-state index in [-0.39, 0.29) is 36.6 Å². The van der Waals surface area contributed by atoms with Crippen molar-refractivity contribution in [2.45, 2.75) is 45.2 Å². The summed E-state index contributed by atoms with van der Waals surface area (Å²) in [5.74, 6) is 0.673. The number of amides is 1. The van der Waals surface area contributed by atoms with E-state index in [9.17, 15) is 4.79 Å². The van der Waals surface area contributed by atoms with Gasteiger partial charge in [0, 0.05) is 19.0 Å². The molecule has 1 heterocycles. The van der Waals surface area contributed by atoms with Gasteiger partial charge >= 0.3 is 0 Å². The number of nitrogens with two attached hydrogens (primary N) is 1. The molecule has 142 valence electrons. The number of rotatable bonds is 6. The minimum atomic E-state index is 0. The fourth-order valence-corrected chi connectivity index (χ4v) is 3.95. The number of nitrogens with one attached hydrogen (secondary N) is 1. The molecule has 1 aromatic rings. The van der Waals surface area contributed by atoms with E-state index in [0.717, 1.165) is 25.8 Å². The van der Waals surface area contributed by atoms with Crippen LogP contribution in [0.25, 0.3) is 0 Å². The van der Waals surface area contributed by atoms with E-state index in [1.54, 1.807) is 0 Å². The summed E-state index contributed by atoms with van der Waals surface area (Å²) in [4.78, 5) is 14.8. The molecule has 2 atom stereocenters. The number of carbonyl (C=O) groups is 1. The lowest BCUT2D eigenvalue weighted by molar-refractivity contribution is -0.126. The molecule has 3 rings (SSSR count). The van der Waals surface area contributed by atoms with Gasteiger partial charge in [0.25, 0.3) is 0 Å². The predicted molar refractivity (Wildman–Crippen MR) is 107 cm³/mol. The largest absolute Gasteiger partial charge is 0.352 e. The van der Waals surface area contributed by atoms with Gasteiger partial charge in [-0.3, -0.25) is 9.69 Å². The number of nitrogens with zero attached hydrogens (tertiary/aromatic N) is 1. The average molecular weight is 388 g/mol. The Morgan fingerprint density at radius 2 is 1.68 bits per heavy atom. The van der Waals surface area contributed by atoms with E-state index >= 15 is 0 Å². The monoisotopic (exact) mass is 387 g/mol. The molecule has 1 amide bonds. The minimum Gasteiger partial charge on any atom is -0.352 e. The molecule has 2 fully saturated rings. The maximum absolute atomic E-state index is 12.3. The van der Waals surface area contributed by atoms with Gasteiger partial charge in [0.1, 0.15) is 0 Å². The van der Waals surface area contributed by atoms with Crippen LogP contribution in [0.15, 0.2) is 24.3 Å².